The van der Waals surface area contributed by atoms with E-state index in [-0.39, 0.29) is 0 Å². The van der Waals surface area contributed by atoms with Crippen molar-refractivity contribution < 1.29 is 14.6 Å². The molecule has 0 heterocycles. The highest BCUT2D eigenvalue weighted by atomic mass is 16.5. The third-order valence-corrected chi connectivity index (χ3v) is 3.21. The van der Waals surface area contributed by atoms with Gasteiger partial charge in [-0.15, -0.1) is 0 Å². The van der Waals surface area contributed by atoms with E-state index in [1.807, 2.05) is 6.07 Å². The molecule has 1 aromatic carbocycles. The van der Waals surface area contributed by atoms with Crippen LogP contribution in [0.2, 0.25) is 0 Å². The average molecular weight is 249 g/mol. The number of carboxylic acid groups (broad SMARTS) is 1. The van der Waals surface area contributed by atoms with E-state index < -0.39 is 5.97 Å². The summed E-state index contributed by atoms with van der Waals surface area (Å²) in [5.41, 5.74) is 1.41. The normalized spacial score (nSPS) is 15.0. The number of carbonyl (C=O) groups is 1. The van der Waals surface area contributed by atoms with Gasteiger partial charge in [0.25, 0.3) is 0 Å². The fraction of sp³-hybridized carbons (Fsp3) is 0.500. The summed E-state index contributed by atoms with van der Waals surface area (Å²) in [6.07, 6.45) is 2.48. The van der Waals surface area contributed by atoms with E-state index in [9.17, 15) is 4.79 Å². The van der Waals surface area contributed by atoms with E-state index in [0.717, 1.165) is 25.3 Å². The fourth-order valence-corrected chi connectivity index (χ4v) is 2.08. The molecule has 1 aliphatic carbocycles. The van der Waals surface area contributed by atoms with Crippen LogP contribution in [0.5, 0.6) is 0 Å². The van der Waals surface area contributed by atoms with Gasteiger partial charge in [-0.25, -0.2) is 4.79 Å². The zero-order valence-corrected chi connectivity index (χ0v) is 10.6. The van der Waals surface area contributed by atoms with Gasteiger partial charge in [-0.2, -0.15) is 0 Å². The van der Waals surface area contributed by atoms with Crippen molar-refractivity contribution in [1.82, 2.24) is 4.90 Å². The van der Waals surface area contributed by atoms with Crippen molar-refractivity contribution >= 4 is 5.97 Å². The Morgan fingerprint density at radius 3 is 2.89 bits per heavy atom. The molecule has 1 aliphatic rings. The monoisotopic (exact) mass is 249 g/mol. The number of aromatic carboxylic acids is 1. The SMILES string of the molecule is COCCN(Cc1cccc(C(=O)O)c1)C1CC1. The van der Waals surface area contributed by atoms with Crippen molar-refractivity contribution in [3.63, 3.8) is 0 Å². The van der Waals surface area contributed by atoms with Crippen LogP contribution in [0.3, 0.4) is 0 Å². The average Bonchev–Trinajstić information content (AvgIpc) is 3.19. The second-order valence-electron chi connectivity index (χ2n) is 4.70. The summed E-state index contributed by atoms with van der Waals surface area (Å²) in [6, 6.07) is 7.82. The van der Waals surface area contributed by atoms with Crippen LogP contribution in [0, 0.1) is 0 Å². The molecular formula is C14H19NO3. The third kappa shape index (κ3) is 3.55. The summed E-state index contributed by atoms with van der Waals surface area (Å²) < 4.78 is 5.11. The molecule has 1 N–H and O–H groups in total. The summed E-state index contributed by atoms with van der Waals surface area (Å²) in [7, 11) is 1.70. The van der Waals surface area contributed by atoms with E-state index in [1.54, 1.807) is 25.3 Å². The molecule has 0 unspecified atom stereocenters. The van der Waals surface area contributed by atoms with E-state index in [0.29, 0.717) is 11.6 Å². The van der Waals surface area contributed by atoms with Gasteiger partial charge in [0, 0.05) is 26.2 Å². The first-order chi connectivity index (χ1) is 8.70. The Kier molecular flexibility index (Phi) is 4.33. The molecule has 0 aliphatic heterocycles. The van der Waals surface area contributed by atoms with Gasteiger partial charge >= 0.3 is 5.97 Å². The molecule has 2 rings (SSSR count). The largest absolute Gasteiger partial charge is 0.478 e. The highest BCUT2D eigenvalue weighted by Gasteiger charge is 2.28. The van der Waals surface area contributed by atoms with Crippen molar-refractivity contribution in [1.29, 1.82) is 0 Å². The third-order valence-electron chi connectivity index (χ3n) is 3.21. The quantitative estimate of drug-likeness (QED) is 0.803. The Balaban J connectivity index is 2.01. The van der Waals surface area contributed by atoms with Crippen LogP contribution in [-0.4, -0.2) is 42.3 Å². The van der Waals surface area contributed by atoms with Crippen molar-refractivity contribution in [3.05, 3.63) is 35.4 Å². The molecule has 98 valence electrons. The molecule has 0 radical (unpaired) electrons. The minimum absolute atomic E-state index is 0.356. The highest BCUT2D eigenvalue weighted by molar-refractivity contribution is 5.87. The smallest absolute Gasteiger partial charge is 0.335 e. The predicted molar refractivity (Wildman–Crippen MR) is 68.7 cm³/mol. The summed E-state index contributed by atoms with van der Waals surface area (Å²) in [6.45, 7) is 2.42. The Hall–Kier alpha value is -1.39. The standard InChI is InChI=1S/C14H19NO3/c1-18-8-7-15(13-5-6-13)10-11-3-2-4-12(9-11)14(16)17/h2-4,9,13H,5-8,10H2,1H3,(H,16,17). The Morgan fingerprint density at radius 1 is 1.50 bits per heavy atom. The zero-order chi connectivity index (χ0) is 13.0. The Labute approximate surface area is 107 Å². The van der Waals surface area contributed by atoms with Crippen LogP contribution in [0.15, 0.2) is 24.3 Å². The van der Waals surface area contributed by atoms with Crippen LogP contribution in [0.1, 0.15) is 28.8 Å². The first-order valence-electron chi connectivity index (χ1n) is 6.26. The fourth-order valence-electron chi connectivity index (χ4n) is 2.08. The molecule has 1 fully saturated rings. The molecule has 1 aromatic rings. The number of nitrogens with zero attached hydrogens (tertiary/aromatic N) is 1. The molecule has 18 heavy (non-hydrogen) atoms. The summed E-state index contributed by atoms with van der Waals surface area (Å²) in [5.74, 6) is -0.869. The van der Waals surface area contributed by atoms with Crippen molar-refractivity contribution in [2.75, 3.05) is 20.3 Å². The Bertz CT molecular complexity index is 415. The maximum atomic E-state index is 10.9. The number of carboxylic acids is 1. The van der Waals surface area contributed by atoms with Gasteiger partial charge in [-0.1, -0.05) is 12.1 Å². The number of ether oxygens (including phenoxy) is 1. The number of rotatable bonds is 7. The second-order valence-corrected chi connectivity index (χ2v) is 4.70. The minimum atomic E-state index is -0.869. The highest BCUT2D eigenvalue weighted by Crippen LogP contribution is 2.28. The summed E-state index contributed by atoms with van der Waals surface area (Å²) in [4.78, 5) is 13.3. The van der Waals surface area contributed by atoms with Crippen molar-refractivity contribution in [3.8, 4) is 0 Å². The lowest BCUT2D eigenvalue weighted by molar-refractivity contribution is 0.0696. The molecule has 4 heteroatoms. The number of hydrogen-bond acceptors (Lipinski definition) is 3. The van der Waals surface area contributed by atoms with Crippen LogP contribution >= 0.6 is 0 Å². The number of hydrogen-bond donors (Lipinski definition) is 1. The van der Waals surface area contributed by atoms with Crippen LogP contribution in [-0.2, 0) is 11.3 Å². The van der Waals surface area contributed by atoms with Gasteiger partial charge in [0.05, 0.1) is 12.2 Å². The molecular weight excluding hydrogens is 230 g/mol. The van der Waals surface area contributed by atoms with Crippen LogP contribution in [0.4, 0.5) is 0 Å². The zero-order valence-electron chi connectivity index (χ0n) is 10.6. The summed E-state index contributed by atoms with van der Waals surface area (Å²) in [5, 5.41) is 8.97. The first-order valence-corrected chi connectivity index (χ1v) is 6.26. The molecule has 0 amide bonds. The summed E-state index contributed by atoms with van der Waals surface area (Å²) >= 11 is 0. The van der Waals surface area contributed by atoms with E-state index in [2.05, 4.69) is 4.90 Å². The molecule has 4 nitrogen and oxygen atoms in total. The number of benzene rings is 1. The Morgan fingerprint density at radius 2 is 2.28 bits per heavy atom. The molecule has 0 bridgehead atoms. The van der Waals surface area contributed by atoms with Crippen LogP contribution < -0.4 is 0 Å². The van der Waals surface area contributed by atoms with Crippen LogP contribution in [0.25, 0.3) is 0 Å². The van der Waals surface area contributed by atoms with Gasteiger partial charge in [0.2, 0.25) is 0 Å². The first kappa shape index (κ1) is 13.1. The molecule has 0 spiro atoms. The molecule has 0 atom stereocenters. The van der Waals surface area contributed by atoms with E-state index in [1.165, 1.54) is 12.8 Å². The van der Waals surface area contributed by atoms with Gasteiger partial charge in [-0.3, -0.25) is 4.90 Å². The van der Waals surface area contributed by atoms with Gasteiger partial charge < -0.3 is 9.84 Å². The topological polar surface area (TPSA) is 49.8 Å². The van der Waals surface area contributed by atoms with E-state index >= 15 is 0 Å². The van der Waals surface area contributed by atoms with Crippen molar-refractivity contribution in [2.24, 2.45) is 0 Å². The lowest BCUT2D eigenvalue weighted by Gasteiger charge is -2.21. The van der Waals surface area contributed by atoms with Gasteiger partial charge in [0.15, 0.2) is 0 Å². The maximum absolute atomic E-state index is 10.9. The van der Waals surface area contributed by atoms with E-state index in [4.69, 9.17) is 9.84 Å². The second kappa shape index (κ2) is 5.98. The molecule has 0 aromatic heterocycles. The van der Waals surface area contributed by atoms with Crippen molar-refractivity contribution in [2.45, 2.75) is 25.4 Å². The maximum Gasteiger partial charge on any atom is 0.335 e. The minimum Gasteiger partial charge on any atom is -0.478 e. The lowest BCUT2D eigenvalue weighted by atomic mass is 10.1. The number of methoxy groups -OCH3 is 1. The molecule has 1 saturated carbocycles. The lowest BCUT2D eigenvalue weighted by Crippen LogP contribution is -2.29. The molecule has 0 saturated heterocycles. The van der Waals surface area contributed by atoms with Gasteiger partial charge in [-0.05, 0) is 30.5 Å². The predicted octanol–water partition coefficient (Wildman–Crippen LogP) is 2.00. The van der Waals surface area contributed by atoms with Gasteiger partial charge in [0.1, 0.15) is 0 Å².